The highest BCUT2D eigenvalue weighted by Gasteiger charge is 2.18. The molecule has 3 aromatic carbocycles. The molecule has 0 bridgehead atoms. The molecule has 0 aliphatic rings. The summed E-state index contributed by atoms with van der Waals surface area (Å²) in [5.41, 5.74) is 3.05. The Morgan fingerprint density at radius 1 is 1.06 bits per heavy atom. The average molecular weight is 517 g/mol. The van der Waals surface area contributed by atoms with Gasteiger partial charge in [0.25, 0.3) is 5.56 Å². The zero-order valence-corrected chi connectivity index (χ0v) is 21.7. The Hall–Kier alpha value is -3.69. The van der Waals surface area contributed by atoms with Gasteiger partial charge in [0, 0.05) is 0 Å². The molecule has 0 spiro atoms. The highest BCUT2D eigenvalue weighted by Crippen LogP contribution is 2.30. The minimum absolute atomic E-state index is 0.0773. The van der Waals surface area contributed by atoms with E-state index in [0.29, 0.717) is 21.2 Å². The molecule has 1 amide bonds. The van der Waals surface area contributed by atoms with Crippen molar-refractivity contribution in [3.63, 3.8) is 0 Å². The fourth-order valence-corrected chi connectivity index (χ4v) is 5.69. The maximum Gasteiger partial charge on any atom is 0.266 e. The SMILES string of the molecule is COc1ccc2nc(NC(=O)CSc3nc4ccccc4c(=O)n3-c3ccccc3C(C)C)sc2c1. The lowest BCUT2D eigenvalue weighted by molar-refractivity contribution is -0.113. The number of anilines is 1. The van der Waals surface area contributed by atoms with Gasteiger partial charge < -0.3 is 10.1 Å². The summed E-state index contributed by atoms with van der Waals surface area (Å²) < 4.78 is 7.81. The first kappa shape index (κ1) is 24.0. The number of rotatable bonds is 7. The summed E-state index contributed by atoms with van der Waals surface area (Å²) in [4.78, 5) is 35.7. The maximum absolute atomic E-state index is 13.6. The van der Waals surface area contributed by atoms with E-state index < -0.39 is 0 Å². The number of para-hydroxylation sites is 2. The predicted octanol–water partition coefficient (Wildman–Crippen LogP) is 5.86. The number of nitrogens with one attached hydrogen (secondary N) is 1. The highest BCUT2D eigenvalue weighted by molar-refractivity contribution is 7.99. The Balaban J connectivity index is 1.46. The van der Waals surface area contributed by atoms with Crippen LogP contribution in [0, 0.1) is 0 Å². The number of thiazole rings is 1. The van der Waals surface area contributed by atoms with Gasteiger partial charge in [-0.15, -0.1) is 0 Å². The monoisotopic (exact) mass is 516 g/mol. The van der Waals surface area contributed by atoms with Crippen LogP contribution in [-0.4, -0.2) is 33.3 Å². The zero-order valence-electron chi connectivity index (χ0n) is 20.0. The zero-order chi connectivity index (χ0) is 25.2. The molecule has 9 heteroatoms. The van der Waals surface area contributed by atoms with Crippen LogP contribution in [0.5, 0.6) is 5.75 Å². The number of aromatic nitrogens is 3. The summed E-state index contributed by atoms with van der Waals surface area (Å²) in [5.74, 6) is 0.797. The van der Waals surface area contributed by atoms with Crippen molar-refractivity contribution in [2.24, 2.45) is 0 Å². The summed E-state index contributed by atoms with van der Waals surface area (Å²) in [5, 5.41) is 4.39. The largest absolute Gasteiger partial charge is 0.497 e. The Kier molecular flexibility index (Phi) is 6.75. The molecule has 5 rings (SSSR count). The number of hydrogen-bond donors (Lipinski definition) is 1. The van der Waals surface area contributed by atoms with E-state index in [1.165, 1.54) is 23.1 Å². The van der Waals surface area contributed by atoms with Crippen LogP contribution in [0.2, 0.25) is 0 Å². The van der Waals surface area contributed by atoms with E-state index in [4.69, 9.17) is 9.72 Å². The molecule has 36 heavy (non-hydrogen) atoms. The Morgan fingerprint density at radius 2 is 1.83 bits per heavy atom. The molecule has 5 aromatic rings. The lowest BCUT2D eigenvalue weighted by Gasteiger charge is -2.18. The van der Waals surface area contributed by atoms with Gasteiger partial charge in [0.1, 0.15) is 5.75 Å². The van der Waals surface area contributed by atoms with E-state index in [1.54, 1.807) is 17.7 Å². The molecular weight excluding hydrogens is 492 g/mol. The van der Waals surface area contributed by atoms with Crippen LogP contribution in [0.25, 0.3) is 26.8 Å². The van der Waals surface area contributed by atoms with Crippen molar-refractivity contribution in [1.29, 1.82) is 0 Å². The molecule has 1 N–H and O–H groups in total. The number of hydrogen-bond acceptors (Lipinski definition) is 7. The van der Waals surface area contributed by atoms with E-state index >= 15 is 0 Å². The van der Waals surface area contributed by atoms with Gasteiger partial charge in [-0.2, -0.15) is 0 Å². The maximum atomic E-state index is 13.6. The van der Waals surface area contributed by atoms with Crippen molar-refractivity contribution in [2.75, 3.05) is 18.2 Å². The Morgan fingerprint density at radius 3 is 2.64 bits per heavy atom. The van der Waals surface area contributed by atoms with Gasteiger partial charge >= 0.3 is 0 Å². The summed E-state index contributed by atoms with van der Waals surface area (Å²) in [6, 6.07) is 20.7. The summed E-state index contributed by atoms with van der Waals surface area (Å²) in [6.07, 6.45) is 0. The topological polar surface area (TPSA) is 86.1 Å². The molecule has 0 unspecified atom stereocenters. The number of benzene rings is 3. The number of ether oxygens (including phenoxy) is 1. The van der Waals surface area contributed by atoms with Gasteiger partial charge in [0.05, 0.1) is 39.7 Å². The van der Waals surface area contributed by atoms with Crippen LogP contribution < -0.4 is 15.6 Å². The summed E-state index contributed by atoms with van der Waals surface area (Å²) in [6.45, 7) is 4.18. The number of carbonyl (C=O) groups is 1. The Bertz CT molecular complexity index is 1640. The van der Waals surface area contributed by atoms with Crippen LogP contribution in [0.3, 0.4) is 0 Å². The van der Waals surface area contributed by atoms with Crippen molar-refractivity contribution in [1.82, 2.24) is 14.5 Å². The molecular formula is C27H24N4O3S2. The van der Waals surface area contributed by atoms with E-state index in [1.807, 2.05) is 60.7 Å². The third-order valence-electron chi connectivity index (χ3n) is 5.72. The second kappa shape index (κ2) is 10.1. The van der Waals surface area contributed by atoms with Crippen LogP contribution in [0.4, 0.5) is 5.13 Å². The highest BCUT2D eigenvalue weighted by atomic mass is 32.2. The van der Waals surface area contributed by atoms with Gasteiger partial charge in [0.15, 0.2) is 10.3 Å². The summed E-state index contributed by atoms with van der Waals surface area (Å²) in [7, 11) is 1.61. The molecule has 7 nitrogen and oxygen atoms in total. The Labute approximate surface area is 216 Å². The molecule has 0 aliphatic carbocycles. The van der Waals surface area contributed by atoms with E-state index in [9.17, 15) is 9.59 Å². The normalized spacial score (nSPS) is 11.3. The molecule has 0 fully saturated rings. The predicted molar refractivity (Wildman–Crippen MR) is 147 cm³/mol. The molecule has 0 saturated carbocycles. The van der Waals surface area contributed by atoms with Gasteiger partial charge in [-0.3, -0.25) is 14.2 Å². The molecule has 0 radical (unpaired) electrons. The minimum atomic E-state index is -0.225. The van der Waals surface area contributed by atoms with Crippen molar-refractivity contribution in [2.45, 2.75) is 24.9 Å². The smallest absolute Gasteiger partial charge is 0.266 e. The molecule has 0 saturated heterocycles. The second-order valence-corrected chi connectivity index (χ2v) is 10.4. The molecule has 0 atom stereocenters. The third-order valence-corrected chi connectivity index (χ3v) is 7.59. The van der Waals surface area contributed by atoms with Gasteiger partial charge in [-0.25, -0.2) is 9.97 Å². The average Bonchev–Trinajstić information content (AvgIpc) is 3.28. The van der Waals surface area contributed by atoms with Crippen LogP contribution in [0.15, 0.2) is 76.7 Å². The van der Waals surface area contributed by atoms with Crippen LogP contribution >= 0.6 is 23.1 Å². The first-order chi connectivity index (χ1) is 17.4. The van der Waals surface area contributed by atoms with Crippen LogP contribution in [-0.2, 0) is 4.79 Å². The quantitative estimate of drug-likeness (QED) is 0.215. The van der Waals surface area contributed by atoms with Gasteiger partial charge in [-0.1, -0.05) is 67.3 Å². The first-order valence-corrected chi connectivity index (χ1v) is 13.2. The number of nitrogens with zero attached hydrogens (tertiary/aromatic N) is 3. The van der Waals surface area contributed by atoms with Crippen molar-refractivity contribution >= 4 is 55.3 Å². The number of thioether (sulfide) groups is 1. The van der Waals surface area contributed by atoms with Crippen molar-refractivity contribution in [3.05, 3.63) is 82.6 Å². The molecule has 182 valence electrons. The lowest BCUT2D eigenvalue weighted by atomic mass is 10.0. The van der Waals surface area contributed by atoms with E-state index in [2.05, 4.69) is 24.1 Å². The molecule has 2 aromatic heterocycles. The molecule has 2 heterocycles. The fourth-order valence-electron chi connectivity index (χ4n) is 3.97. The number of carbonyl (C=O) groups excluding carboxylic acids is 1. The number of amides is 1. The second-order valence-electron chi connectivity index (χ2n) is 8.46. The van der Waals surface area contributed by atoms with Crippen molar-refractivity contribution in [3.8, 4) is 11.4 Å². The number of fused-ring (bicyclic) bond motifs is 2. The third kappa shape index (κ3) is 4.72. The number of methoxy groups -OCH3 is 1. The van der Waals surface area contributed by atoms with E-state index in [0.717, 1.165) is 27.2 Å². The lowest BCUT2D eigenvalue weighted by Crippen LogP contribution is -2.24. The first-order valence-electron chi connectivity index (χ1n) is 11.4. The fraction of sp³-hybridized carbons (Fsp3) is 0.185. The van der Waals surface area contributed by atoms with Gasteiger partial charge in [-0.05, 0) is 47.9 Å². The molecule has 0 aliphatic heterocycles. The van der Waals surface area contributed by atoms with Gasteiger partial charge in [0.2, 0.25) is 5.91 Å². The van der Waals surface area contributed by atoms with E-state index in [-0.39, 0.29) is 23.1 Å². The minimum Gasteiger partial charge on any atom is -0.497 e. The van der Waals surface area contributed by atoms with Crippen molar-refractivity contribution < 1.29 is 9.53 Å². The standard InChI is InChI=1S/C27H24N4O3S2/c1-16(2)18-8-5-7-11-22(18)31-25(33)19-9-4-6-10-20(19)29-27(31)35-15-24(32)30-26-28-21-13-12-17(34-3)14-23(21)36-26/h4-14,16H,15H2,1-3H3,(H,28,30,32). The van der Waals surface area contributed by atoms with Crippen LogP contribution in [0.1, 0.15) is 25.3 Å². The summed E-state index contributed by atoms with van der Waals surface area (Å²) >= 11 is 2.61.